The predicted molar refractivity (Wildman–Crippen MR) is 77.5 cm³/mol. The Bertz CT molecular complexity index is 322. The lowest BCUT2D eigenvalue weighted by atomic mass is 9.68. The van der Waals surface area contributed by atoms with Crippen LogP contribution in [0, 0.1) is 17.3 Å². The van der Waals surface area contributed by atoms with Gasteiger partial charge in [0.2, 0.25) is 0 Å². The van der Waals surface area contributed by atoms with Crippen LogP contribution >= 0.6 is 0 Å². The van der Waals surface area contributed by atoms with Crippen molar-refractivity contribution >= 4 is 5.97 Å². The first-order valence-electron chi connectivity index (χ1n) is 7.71. The summed E-state index contributed by atoms with van der Waals surface area (Å²) in [6.45, 7) is 12.5. The third-order valence-electron chi connectivity index (χ3n) is 3.95. The van der Waals surface area contributed by atoms with Crippen molar-refractivity contribution in [1.82, 2.24) is 0 Å². The minimum absolute atomic E-state index is 0.0911. The van der Waals surface area contributed by atoms with Gasteiger partial charge in [-0.1, -0.05) is 34.1 Å². The molecule has 0 aromatic rings. The van der Waals surface area contributed by atoms with E-state index < -0.39 is 5.60 Å². The van der Waals surface area contributed by atoms with E-state index in [1.807, 2.05) is 13.8 Å². The molecule has 0 aromatic heterocycles. The molecule has 1 saturated carbocycles. The first-order valence-corrected chi connectivity index (χ1v) is 7.71. The molecule has 0 bridgehead atoms. The zero-order valence-corrected chi connectivity index (χ0v) is 13.8. The van der Waals surface area contributed by atoms with Gasteiger partial charge in [0, 0.05) is 0 Å². The Kier molecular flexibility index (Phi) is 6.02. The summed E-state index contributed by atoms with van der Waals surface area (Å²) < 4.78 is 0. The first-order chi connectivity index (χ1) is 9.15. The standard InChI is InChI=1S/C16H30O4/c1-7-8-16(5,6)19-20-18-14(17)13-9-12(2)10-15(3,4)11-13/h12-13H,7-11H2,1-6H3. The zero-order valence-electron chi connectivity index (χ0n) is 13.8. The molecule has 4 nitrogen and oxygen atoms in total. The lowest BCUT2D eigenvalue weighted by Crippen LogP contribution is -2.33. The zero-order chi connectivity index (χ0) is 15.4. The molecule has 4 heteroatoms. The van der Waals surface area contributed by atoms with Crippen molar-refractivity contribution in [2.45, 2.75) is 79.2 Å². The van der Waals surface area contributed by atoms with E-state index in [0.29, 0.717) is 5.92 Å². The number of rotatable bonds is 6. The third-order valence-corrected chi connectivity index (χ3v) is 3.95. The van der Waals surface area contributed by atoms with Gasteiger partial charge < -0.3 is 0 Å². The van der Waals surface area contributed by atoms with Gasteiger partial charge in [-0.15, -0.1) is 0 Å². The molecule has 0 saturated heterocycles. The summed E-state index contributed by atoms with van der Waals surface area (Å²) in [5.74, 6) is 0.136. The summed E-state index contributed by atoms with van der Waals surface area (Å²) in [6.07, 6.45) is 4.69. The largest absolute Gasteiger partial charge is 0.348 e. The van der Waals surface area contributed by atoms with Crippen molar-refractivity contribution in [2.75, 3.05) is 0 Å². The van der Waals surface area contributed by atoms with Crippen LogP contribution in [0.2, 0.25) is 0 Å². The van der Waals surface area contributed by atoms with Crippen LogP contribution in [-0.4, -0.2) is 11.6 Å². The molecule has 1 rings (SSSR count). The Hall–Kier alpha value is -0.610. The Labute approximate surface area is 123 Å². The number of carbonyl (C=O) groups is 1. The third kappa shape index (κ3) is 5.80. The van der Waals surface area contributed by atoms with Gasteiger partial charge in [-0.3, -0.25) is 4.89 Å². The molecule has 0 amide bonds. The Morgan fingerprint density at radius 1 is 1.30 bits per heavy atom. The van der Waals surface area contributed by atoms with Crippen LogP contribution < -0.4 is 0 Å². The molecule has 1 aliphatic carbocycles. The van der Waals surface area contributed by atoms with Gasteiger partial charge in [-0.2, -0.15) is 4.89 Å². The van der Waals surface area contributed by atoms with Gasteiger partial charge in [-0.25, -0.2) is 4.79 Å². The topological polar surface area (TPSA) is 44.8 Å². The average Bonchev–Trinajstić information content (AvgIpc) is 2.25. The van der Waals surface area contributed by atoms with Crippen LogP contribution in [0.25, 0.3) is 0 Å². The molecule has 1 fully saturated rings. The van der Waals surface area contributed by atoms with E-state index in [9.17, 15) is 4.79 Å². The molecule has 0 aliphatic heterocycles. The van der Waals surface area contributed by atoms with Crippen molar-refractivity contribution in [1.29, 1.82) is 0 Å². The normalized spacial score (nSPS) is 26.3. The molecule has 0 aromatic carbocycles. The van der Waals surface area contributed by atoms with Gasteiger partial charge >= 0.3 is 5.97 Å². The summed E-state index contributed by atoms with van der Waals surface area (Å²) in [6, 6.07) is 0. The van der Waals surface area contributed by atoms with Crippen molar-refractivity contribution < 1.29 is 19.6 Å². The van der Waals surface area contributed by atoms with E-state index in [1.54, 1.807) is 0 Å². The smallest absolute Gasteiger partial charge is 0.269 e. The molecule has 2 atom stereocenters. The predicted octanol–water partition coefficient (Wildman–Crippen LogP) is 4.43. The molecular weight excluding hydrogens is 256 g/mol. The molecule has 20 heavy (non-hydrogen) atoms. The summed E-state index contributed by atoms with van der Waals surface area (Å²) in [5, 5.41) is 4.72. The molecule has 0 spiro atoms. The van der Waals surface area contributed by atoms with Crippen LogP contribution in [0.1, 0.15) is 73.6 Å². The molecule has 0 N–H and O–H groups in total. The second-order valence-corrected chi connectivity index (χ2v) is 7.67. The van der Waals surface area contributed by atoms with E-state index in [0.717, 1.165) is 32.1 Å². The van der Waals surface area contributed by atoms with E-state index in [2.05, 4.69) is 27.7 Å². The Morgan fingerprint density at radius 3 is 2.50 bits per heavy atom. The summed E-state index contributed by atoms with van der Waals surface area (Å²) in [4.78, 5) is 22.1. The fourth-order valence-corrected chi connectivity index (χ4v) is 3.38. The quantitative estimate of drug-likeness (QED) is 0.535. The highest BCUT2D eigenvalue weighted by Crippen LogP contribution is 2.42. The first kappa shape index (κ1) is 17.4. The maximum atomic E-state index is 12.0. The number of hydrogen-bond acceptors (Lipinski definition) is 4. The minimum atomic E-state index is -0.436. The fraction of sp³-hybridized carbons (Fsp3) is 0.938. The van der Waals surface area contributed by atoms with Gasteiger partial charge in [0.15, 0.2) is 0 Å². The molecule has 0 radical (unpaired) electrons. The van der Waals surface area contributed by atoms with Gasteiger partial charge in [0.25, 0.3) is 0 Å². The van der Waals surface area contributed by atoms with Crippen LogP contribution in [0.3, 0.4) is 0 Å². The minimum Gasteiger partial charge on any atom is -0.269 e. The van der Waals surface area contributed by atoms with Crippen LogP contribution in [0.15, 0.2) is 0 Å². The average molecular weight is 286 g/mol. The van der Waals surface area contributed by atoms with Gasteiger partial charge in [-0.05, 0) is 55.9 Å². The lowest BCUT2D eigenvalue weighted by Gasteiger charge is -2.37. The maximum Gasteiger partial charge on any atom is 0.348 e. The second-order valence-electron chi connectivity index (χ2n) is 7.67. The van der Waals surface area contributed by atoms with Crippen molar-refractivity contribution in [3.63, 3.8) is 0 Å². The summed E-state index contributed by atoms with van der Waals surface area (Å²) in [7, 11) is 0. The molecule has 0 heterocycles. The number of hydrogen-bond donors (Lipinski definition) is 0. The Morgan fingerprint density at radius 2 is 1.95 bits per heavy atom. The van der Waals surface area contributed by atoms with E-state index >= 15 is 0 Å². The van der Waals surface area contributed by atoms with Crippen molar-refractivity contribution in [3.8, 4) is 0 Å². The SMILES string of the molecule is CCCC(C)(C)OOOC(=O)C1CC(C)CC(C)(C)C1. The highest BCUT2D eigenvalue weighted by Gasteiger charge is 2.37. The van der Waals surface area contributed by atoms with Gasteiger partial charge in [0.1, 0.15) is 5.60 Å². The summed E-state index contributed by atoms with van der Waals surface area (Å²) in [5.41, 5.74) is -0.252. The maximum absolute atomic E-state index is 12.0. The Balaban J connectivity index is 2.39. The van der Waals surface area contributed by atoms with Crippen LogP contribution in [0.5, 0.6) is 0 Å². The second kappa shape index (κ2) is 6.90. The number of carbonyl (C=O) groups excluding carboxylic acids is 1. The van der Waals surface area contributed by atoms with Crippen molar-refractivity contribution in [3.05, 3.63) is 0 Å². The molecule has 118 valence electrons. The van der Waals surface area contributed by atoms with E-state index in [-0.39, 0.29) is 17.3 Å². The highest BCUT2D eigenvalue weighted by atomic mass is 17.5. The van der Waals surface area contributed by atoms with Crippen LogP contribution in [-0.2, 0) is 19.6 Å². The summed E-state index contributed by atoms with van der Waals surface area (Å²) >= 11 is 0. The van der Waals surface area contributed by atoms with E-state index in [1.165, 1.54) is 0 Å². The lowest BCUT2D eigenvalue weighted by molar-refractivity contribution is -0.518. The van der Waals surface area contributed by atoms with Crippen LogP contribution in [0.4, 0.5) is 0 Å². The fourth-order valence-electron chi connectivity index (χ4n) is 3.38. The highest BCUT2D eigenvalue weighted by molar-refractivity contribution is 5.72. The van der Waals surface area contributed by atoms with E-state index in [4.69, 9.17) is 14.8 Å². The van der Waals surface area contributed by atoms with Crippen molar-refractivity contribution in [2.24, 2.45) is 17.3 Å². The molecular formula is C16H30O4. The van der Waals surface area contributed by atoms with Gasteiger partial charge in [0.05, 0.1) is 5.92 Å². The molecule has 1 aliphatic rings. The molecule has 2 unspecified atom stereocenters. The monoisotopic (exact) mass is 286 g/mol.